The van der Waals surface area contributed by atoms with Crippen molar-refractivity contribution in [1.82, 2.24) is 0 Å². The molecule has 2 aromatic rings. The summed E-state index contributed by atoms with van der Waals surface area (Å²) < 4.78 is 0. The molecule has 0 aliphatic heterocycles. The van der Waals surface area contributed by atoms with E-state index in [-0.39, 0.29) is 11.5 Å². The zero-order chi connectivity index (χ0) is 13.0. The van der Waals surface area contributed by atoms with Crippen LogP contribution in [0.3, 0.4) is 0 Å². The van der Waals surface area contributed by atoms with Gasteiger partial charge in [0, 0.05) is 12.2 Å². The van der Waals surface area contributed by atoms with Crippen LogP contribution in [0.4, 0.5) is 5.69 Å². The van der Waals surface area contributed by atoms with Crippen LogP contribution in [-0.2, 0) is 13.0 Å². The summed E-state index contributed by atoms with van der Waals surface area (Å²) in [7, 11) is 0. The second-order valence-electron chi connectivity index (χ2n) is 4.23. The number of benzene rings is 2. The molecule has 94 valence electrons. The highest BCUT2D eigenvalue weighted by Crippen LogP contribution is 2.25. The Bertz CT molecular complexity index is 521. The molecule has 0 heterocycles. The van der Waals surface area contributed by atoms with Gasteiger partial charge in [0.15, 0.2) is 11.5 Å². The molecule has 0 atom stereocenters. The highest BCUT2D eigenvalue weighted by molar-refractivity contribution is 5.46. The van der Waals surface area contributed by atoms with Crippen LogP contribution in [0.2, 0.25) is 0 Å². The van der Waals surface area contributed by atoms with Crippen molar-refractivity contribution in [3.05, 3.63) is 53.6 Å². The zero-order valence-corrected chi connectivity index (χ0v) is 10.4. The molecule has 3 nitrogen and oxygen atoms in total. The minimum absolute atomic E-state index is 0.0874. The molecule has 0 radical (unpaired) electrons. The van der Waals surface area contributed by atoms with Crippen LogP contribution in [-0.4, -0.2) is 10.2 Å². The molecule has 18 heavy (non-hydrogen) atoms. The van der Waals surface area contributed by atoms with Crippen LogP contribution < -0.4 is 5.32 Å². The molecule has 0 saturated carbocycles. The first-order chi connectivity index (χ1) is 8.69. The number of aryl methyl sites for hydroxylation is 1. The van der Waals surface area contributed by atoms with Gasteiger partial charge in [-0.25, -0.2) is 0 Å². The van der Waals surface area contributed by atoms with Gasteiger partial charge in [-0.05, 0) is 41.8 Å². The quantitative estimate of drug-likeness (QED) is 0.722. The number of hydrogen-bond donors (Lipinski definition) is 3. The average Bonchev–Trinajstić information content (AvgIpc) is 2.41. The Balaban J connectivity index is 1.99. The lowest BCUT2D eigenvalue weighted by atomic mass is 10.1. The fraction of sp³-hybridized carbons (Fsp3) is 0.200. The Morgan fingerprint density at radius 3 is 2.17 bits per heavy atom. The van der Waals surface area contributed by atoms with Gasteiger partial charge < -0.3 is 15.5 Å². The summed E-state index contributed by atoms with van der Waals surface area (Å²) in [5.41, 5.74) is 3.27. The van der Waals surface area contributed by atoms with Crippen molar-refractivity contribution in [3.8, 4) is 11.5 Å². The molecule has 0 fully saturated rings. The van der Waals surface area contributed by atoms with Crippen LogP contribution in [0.1, 0.15) is 18.1 Å². The van der Waals surface area contributed by atoms with Crippen molar-refractivity contribution in [2.75, 3.05) is 5.32 Å². The number of hydrogen-bond acceptors (Lipinski definition) is 3. The average molecular weight is 243 g/mol. The first kappa shape index (κ1) is 12.3. The summed E-state index contributed by atoms with van der Waals surface area (Å²) in [4.78, 5) is 0. The molecule has 0 aliphatic carbocycles. The molecular weight excluding hydrogens is 226 g/mol. The lowest BCUT2D eigenvalue weighted by Gasteiger charge is -2.08. The molecule has 0 aromatic heterocycles. The largest absolute Gasteiger partial charge is 0.504 e. The van der Waals surface area contributed by atoms with Crippen molar-refractivity contribution < 1.29 is 10.2 Å². The van der Waals surface area contributed by atoms with E-state index in [2.05, 4.69) is 24.4 Å². The zero-order valence-electron chi connectivity index (χ0n) is 10.4. The Kier molecular flexibility index (Phi) is 3.72. The van der Waals surface area contributed by atoms with Crippen molar-refractivity contribution in [1.29, 1.82) is 0 Å². The lowest BCUT2D eigenvalue weighted by molar-refractivity contribution is 0.403. The Labute approximate surface area is 107 Å². The maximum atomic E-state index is 9.39. The van der Waals surface area contributed by atoms with Gasteiger partial charge in [0.25, 0.3) is 0 Å². The van der Waals surface area contributed by atoms with E-state index in [1.165, 1.54) is 11.6 Å². The van der Waals surface area contributed by atoms with E-state index in [0.29, 0.717) is 6.54 Å². The van der Waals surface area contributed by atoms with Gasteiger partial charge in [-0.15, -0.1) is 0 Å². The third kappa shape index (κ3) is 2.94. The molecule has 3 N–H and O–H groups in total. The van der Waals surface area contributed by atoms with E-state index in [1.807, 2.05) is 12.1 Å². The van der Waals surface area contributed by atoms with Gasteiger partial charge in [0.1, 0.15) is 0 Å². The van der Waals surface area contributed by atoms with E-state index in [1.54, 1.807) is 12.1 Å². The fourth-order valence-electron chi connectivity index (χ4n) is 1.74. The Morgan fingerprint density at radius 1 is 0.889 bits per heavy atom. The number of phenols is 2. The molecule has 0 amide bonds. The Morgan fingerprint density at radius 2 is 1.56 bits per heavy atom. The molecule has 0 unspecified atom stereocenters. The molecule has 0 spiro atoms. The number of aromatic hydroxyl groups is 2. The van der Waals surface area contributed by atoms with Gasteiger partial charge in [-0.1, -0.05) is 25.1 Å². The molecule has 0 bridgehead atoms. The predicted molar refractivity (Wildman–Crippen MR) is 72.9 cm³/mol. The maximum absolute atomic E-state index is 9.39. The number of rotatable bonds is 4. The van der Waals surface area contributed by atoms with Crippen molar-refractivity contribution >= 4 is 5.69 Å². The minimum atomic E-state index is -0.0916. The summed E-state index contributed by atoms with van der Waals surface area (Å²) in [5.74, 6) is -0.179. The van der Waals surface area contributed by atoms with Gasteiger partial charge in [0.2, 0.25) is 0 Å². The van der Waals surface area contributed by atoms with Gasteiger partial charge >= 0.3 is 0 Å². The van der Waals surface area contributed by atoms with Gasteiger partial charge in [0.05, 0.1) is 0 Å². The van der Waals surface area contributed by atoms with E-state index < -0.39 is 0 Å². The lowest BCUT2D eigenvalue weighted by Crippen LogP contribution is -1.99. The second-order valence-corrected chi connectivity index (χ2v) is 4.23. The topological polar surface area (TPSA) is 52.5 Å². The summed E-state index contributed by atoms with van der Waals surface area (Å²) in [6.45, 7) is 2.74. The third-order valence-electron chi connectivity index (χ3n) is 2.90. The van der Waals surface area contributed by atoms with Gasteiger partial charge in [-0.3, -0.25) is 0 Å². The molecule has 2 rings (SSSR count). The van der Waals surface area contributed by atoms with E-state index >= 15 is 0 Å². The van der Waals surface area contributed by atoms with Crippen LogP contribution in [0.15, 0.2) is 42.5 Å². The van der Waals surface area contributed by atoms with Gasteiger partial charge in [-0.2, -0.15) is 0 Å². The molecule has 0 saturated heterocycles. The number of anilines is 1. The Hall–Kier alpha value is -2.16. The van der Waals surface area contributed by atoms with E-state index in [4.69, 9.17) is 0 Å². The first-order valence-corrected chi connectivity index (χ1v) is 6.02. The molecule has 2 aromatic carbocycles. The molecular formula is C15H17NO2. The number of phenolic OH excluding ortho intramolecular Hbond substituents is 2. The minimum Gasteiger partial charge on any atom is -0.504 e. The van der Waals surface area contributed by atoms with Crippen LogP contribution in [0, 0.1) is 0 Å². The van der Waals surface area contributed by atoms with E-state index in [9.17, 15) is 10.2 Å². The van der Waals surface area contributed by atoms with Crippen LogP contribution in [0.25, 0.3) is 0 Å². The summed E-state index contributed by atoms with van der Waals surface area (Å²) in [5, 5.41) is 21.9. The predicted octanol–water partition coefficient (Wildman–Crippen LogP) is 3.27. The highest BCUT2D eigenvalue weighted by atomic mass is 16.3. The normalized spacial score (nSPS) is 10.3. The smallest absolute Gasteiger partial charge is 0.157 e. The van der Waals surface area contributed by atoms with Crippen molar-refractivity contribution in [2.45, 2.75) is 19.9 Å². The van der Waals surface area contributed by atoms with Crippen LogP contribution >= 0.6 is 0 Å². The highest BCUT2D eigenvalue weighted by Gasteiger charge is 2.00. The molecule has 3 heteroatoms. The summed E-state index contributed by atoms with van der Waals surface area (Å²) in [6, 6.07) is 13.1. The van der Waals surface area contributed by atoms with Crippen molar-refractivity contribution in [2.24, 2.45) is 0 Å². The van der Waals surface area contributed by atoms with Crippen molar-refractivity contribution in [3.63, 3.8) is 0 Å². The monoisotopic (exact) mass is 243 g/mol. The summed E-state index contributed by atoms with van der Waals surface area (Å²) in [6.07, 6.45) is 1.03. The standard InChI is InChI=1S/C15H17NO2/c1-2-11-3-6-13(7-4-11)16-10-12-5-8-14(17)15(18)9-12/h3-9,16-18H,2,10H2,1H3. The van der Waals surface area contributed by atoms with E-state index in [0.717, 1.165) is 17.7 Å². The number of nitrogens with one attached hydrogen (secondary N) is 1. The molecule has 0 aliphatic rings. The maximum Gasteiger partial charge on any atom is 0.157 e. The third-order valence-corrected chi connectivity index (χ3v) is 2.90. The summed E-state index contributed by atoms with van der Waals surface area (Å²) >= 11 is 0. The van der Waals surface area contributed by atoms with Crippen LogP contribution in [0.5, 0.6) is 11.5 Å². The first-order valence-electron chi connectivity index (χ1n) is 6.02. The fourth-order valence-corrected chi connectivity index (χ4v) is 1.74. The SMILES string of the molecule is CCc1ccc(NCc2ccc(O)c(O)c2)cc1. The second kappa shape index (κ2) is 5.45.